The van der Waals surface area contributed by atoms with Gasteiger partial charge in [-0.05, 0) is 37.1 Å². The number of hydrogen-bond acceptors (Lipinski definition) is 6. The van der Waals surface area contributed by atoms with Crippen molar-refractivity contribution in [1.29, 1.82) is 0 Å². The second-order valence-corrected chi connectivity index (χ2v) is 8.28. The lowest BCUT2D eigenvalue weighted by Gasteiger charge is -2.29. The summed E-state index contributed by atoms with van der Waals surface area (Å²) in [6, 6.07) is 15.8. The van der Waals surface area contributed by atoms with Crippen molar-refractivity contribution in [2.75, 3.05) is 13.1 Å². The number of carbonyl (C=O) groups excluding carboxylic acids is 1. The van der Waals surface area contributed by atoms with Crippen LogP contribution < -0.4 is 0 Å². The minimum atomic E-state index is -0.309. The topological polar surface area (TPSA) is 72.1 Å². The molecule has 8 heteroatoms. The van der Waals surface area contributed by atoms with Gasteiger partial charge in [0.05, 0.1) is 0 Å². The molecule has 1 aliphatic heterocycles. The van der Waals surface area contributed by atoms with E-state index in [4.69, 9.17) is 4.42 Å². The van der Waals surface area contributed by atoms with E-state index in [9.17, 15) is 9.18 Å². The number of piperidine rings is 1. The molecule has 1 aliphatic rings. The van der Waals surface area contributed by atoms with E-state index in [1.807, 2.05) is 40.6 Å². The highest BCUT2D eigenvalue weighted by Gasteiger charge is 2.29. The Labute approximate surface area is 182 Å². The molecule has 0 atom stereocenters. The molecule has 2 aromatic carbocycles. The highest BCUT2D eigenvalue weighted by atomic mass is 32.1. The minimum Gasteiger partial charge on any atom is -0.420 e. The third kappa shape index (κ3) is 4.11. The predicted octanol–water partition coefficient (Wildman–Crippen LogP) is 5.02. The first-order valence-corrected chi connectivity index (χ1v) is 10.9. The zero-order valence-electron chi connectivity index (χ0n) is 16.6. The molecule has 0 saturated carbocycles. The Kier molecular flexibility index (Phi) is 5.30. The van der Waals surface area contributed by atoms with Crippen molar-refractivity contribution < 1.29 is 13.6 Å². The third-order valence-electron chi connectivity index (χ3n) is 5.41. The van der Waals surface area contributed by atoms with Gasteiger partial charge < -0.3 is 9.32 Å². The van der Waals surface area contributed by atoms with Crippen molar-refractivity contribution in [2.24, 2.45) is 0 Å². The fourth-order valence-corrected chi connectivity index (χ4v) is 4.49. The molecule has 4 aromatic rings. The summed E-state index contributed by atoms with van der Waals surface area (Å²) in [4.78, 5) is 19.3. The van der Waals surface area contributed by atoms with Crippen molar-refractivity contribution in [1.82, 2.24) is 20.1 Å². The summed E-state index contributed by atoms with van der Waals surface area (Å²) in [5.74, 6) is 0.683. The fourth-order valence-electron chi connectivity index (χ4n) is 3.69. The van der Waals surface area contributed by atoms with Gasteiger partial charge in [-0.25, -0.2) is 9.37 Å². The van der Waals surface area contributed by atoms with Crippen LogP contribution in [0.15, 0.2) is 64.4 Å². The molecule has 0 radical (unpaired) electrons. The second-order valence-electron chi connectivity index (χ2n) is 7.42. The summed E-state index contributed by atoms with van der Waals surface area (Å²) in [5.41, 5.74) is 2.18. The Bertz CT molecular complexity index is 1180. The number of thiazole rings is 1. The average Bonchev–Trinajstić information content (AvgIpc) is 3.50. The Morgan fingerprint density at radius 1 is 1.00 bits per heavy atom. The van der Waals surface area contributed by atoms with Crippen LogP contribution >= 0.6 is 11.3 Å². The molecule has 3 heterocycles. The van der Waals surface area contributed by atoms with E-state index < -0.39 is 0 Å². The molecule has 2 aromatic heterocycles. The van der Waals surface area contributed by atoms with Crippen LogP contribution in [0.1, 0.15) is 35.1 Å². The summed E-state index contributed by atoms with van der Waals surface area (Å²) < 4.78 is 18.9. The number of rotatable bonds is 4. The number of halogens is 1. The van der Waals surface area contributed by atoms with Crippen molar-refractivity contribution >= 4 is 17.2 Å². The van der Waals surface area contributed by atoms with Crippen molar-refractivity contribution in [3.63, 3.8) is 0 Å². The van der Waals surface area contributed by atoms with E-state index in [1.165, 1.54) is 23.5 Å². The van der Waals surface area contributed by atoms with Crippen LogP contribution in [0.2, 0.25) is 0 Å². The summed E-state index contributed by atoms with van der Waals surface area (Å²) in [6.45, 7) is 1.21. The van der Waals surface area contributed by atoms with Crippen LogP contribution in [0.3, 0.4) is 0 Å². The number of nitrogens with zero attached hydrogens (tertiary/aromatic N) is 4. The lowest BCUT2D eigenvalue weighted by atomic mass is 9.96. The number of hydrogen-bond donors (Lipinski definition) is 0. The lowest BCUT2D eigenvalue weighted by molar-refractivity contribution is 0.0701. The van der Waals surface area contributed by atoms with Gasteiger partial charge in [-0.15, -0.1) is 21.5 Å². The largest absolute Gasteiger partial charge is 0.420 e. The molecular formula is C23H19FN4O2S. The molecule has 0 bridgehead atoms. The monoisotopic (exact) mass is 434 g/mol. The molecule has 156 valence electrons. The van der Waals surface area contributed by atoms with Crippen LogP contribution in [0, 0.1) is 5.82 Å². The van der Waals surface area contributed by atoms with Gasteiger partial charge in [-0.1, -0.05) is 30.3 Å². The number of benzene rings is 2. The molecular weight excluding hydrogens is 415 g/mol. The first kappa shape index (κ1) is 19.6. The Morgan fingerprint density at radius 2 is 1.74 bits per heavy atom. The summed E-state index contributed by atoms with van der Waals surface area (Å²) in [6.07, 6.45) is 1.49. The van der Waals surface area contributed by atoms with Crippen LogP contribution in [-0.4, -0.2) is 39.1 Å². The van der Waals surface area contributed by atoms with Crippen molar-refractivity contribution in [3.8, 4) is 22.0 Å². The normalized spacial score (nSPS) is 14.7. The first-order chi connectivity index (χ1) is 15.2. The Hall–Kier alpha value is -3.39. The SMILES string of the molecule is O=C(c1csc(-c2ccccc2)n1)N1CCC(c2nnc(-c3ccc(F)cc3)o2)CC1. The van der Waals surface area contributed by atoms with E-state index >= 15 is 0 Å². The molecule has 0 aliphatic carbocycles. The van der Waals surface area contributed by atoms with Crippen LogP contribution in [0.25, 0.3) is 22.0 Å². The van der Waals surface area contributed by atoms with Gasteiger partial charge >= 0.3 is 0 Å². The van der Waals surface area contributed by atoms with Gasteiger partial charge in [-0.3, -0.25) is 4.79 Å². The quantitative estimate of drug-likeness (QED) is 0.451. The van der Waals surface area contributed by atoms with Gasteiger partial charge in [0.1, 0.15) is 16.5 Å². The zero-order chi connectivity index (χ0) is 21.2. The van der Waals surface area contributed by atoms with Crippen molar-refractivity contribution in [2.45, 2.75) is 18.8 Å². The molecule has 5 rings (SSSR count). The summed E-state index contributed by atoms with van der Waals surface area (Å²) in [7, 11) is 0. The molecule has 31 heavy (non-hydrogen) atoms. The highest BCUT2D eigenvalue weighted by molar-refractivity contribution is 7.13. The van der Waals surface area contributed by atoms with Gasteiger partial charge in [0, 0.05) is 35.5 Å². The first-order valence-electron chi connectivity index (χ1n) is 10.1. The molecule has 0 N–H and O–H groups in total. The van der Waals surface area contributed by atoms with Crippen molar-refractivity contribution in [3.05, 3.63) is 77.4 Å². The maximum Gasteiger partial charge on any atom is 0.273 e. The maximum absolute atomic E-state index is 13.1. The van der Waals surface area contributed by atoms with E-state index in [-0.39, 0.29) is 17.6 Å². The van der Waals surface area contributed by atoms with E-state index in [0.717, 1.165) is 23.4 Å². The van der Waals surface area contributed by atoms with Crippen LogP contribution in [-0.2, 0) is 0 Å². The maximum atomic E-state index is 13.1. The lowest BCUT2D eigenvalue weighted by Crippen LogP contribution is -2.38. The Balaban J connectivity index is 1.22. The van der Waals surface area contributed by atoms with Gasteiger partial charge in [0.2, 0.25) is 11.8 Å². The third-order valence-corrected chi connectivity index (χ3v) is 6.30. The number of aromatic nitrogens is 3. The Morgan fingerprint density at radius 3 is 2.48 bits per heavy atom. The molecule has 1 fully saturated rings. The molecule has 0 unspecified atom stereocenters. The van der Waals surface area contributed by atoms with Gasteiger partial charge in [-0.2, -0.15) is 0 Å². The molecule has 1 saturated heterocycles. The van der Waals surface area contributed by atoms with Gasteiger partial charge in [0.25, 0.3) is 5.91 Å². The summed E-state index contributed by atoms with van der Waals surface area (Å²) >= 11 is 1.48. The van der Waals surface area contributed by atoms with E-state index in [0.29, 0.717) is 36.1 Å². The highest BCUT2D eigenvalue weighted by Crippen LogP contribution is 2.30. The van der Waals surface area contributed by atoms with Gasteiger partial charge in [0.15, 0.2) is 0 Å². The minimum absolute atomic E-state index is 0.0468. The fraction of sp³-hybridized carbons (Fsp3) is 0.217. The van der Waals surface area contributed by atoms with Crippen LogP contribution in [0.4, 0.5) is 4.39 Å². The zero-order valence-corrected chi connectivity index (χ0v) is 17.4. The second kappa shape index (κ2) is 8.39. The summed E-state index contributed by atoms with van der Waals surface area (Å²) in [5, 5.41) is 10.9. The number of carbonyl (C=O) groups is 1. The molecule has 0 spiro atoms. The van der Waals surface area contributed by atoms with E-state index in [2.05, 4.69) is 15.2 Å². The molecule has 6 nitrogen and oxygen atoms in total. The number of amides is 1. The smallest absolute Gasteiger partial charge is 0.273 e. The predicted molar refractivity (Wildman–Crippen MR) is 115 cm³/mol. The van der Waals surface area contributed by atoms with E-state index in [1.54, 1.807) is 12.1 Å². The average molecular weight is 434 g/mol. The van der Waals surface area contributed by atoms with Crippen LogP contribution in [0.5, 0.6) is 0 Å². The standard InChI is InChI=1S/C23H19FN4O2S/c24-18-8-6-15(7-9-18)20-26-27-21(30-20)16-10-12-28(13-11-16)23(29)19-14-31-22(25-19)17-4-2-1-3-5-17/h1-9,14,16H,10-13H2. The molecule has 1 amide bonds. The number of likely N-dealkylation sites (tertiary alicyclic amines) is 1.